The van der Waals surface area contributed by atoms with Crippen molar-refractivity contribution in [1.29, 1.82) is 0 Å². The van der Waals surface area contributed by atoms with Crippen molar-refractivity contribution in [2.75, 3.05) is 34.4 Å². The molecule has 0 saturated carbocycles. The van der Waals surface area contributed by atoms with E-state index >= 15 is 0 Å². The third-order valence-corrected chi connectivity index (χ3v) is 6.73. The lowest BCUT2D eigenvalue weighted by Crippen LogP contribution is -2.40. The summed E-state index contributed by atoms with van der Waals surface area (Å²) >= 11 is 12.2. The van der Waals surface area contributed by atoms with Crippen LogP contribution in [0.2, 0.25) is 10.0 Å². The van der Waals surface area contributed by atoms with Gasteiger partial charge in [-0.15, -0.1) is 0 Å². The Bertz CT molecular complexity index is 1180. The van der Waals surface area contributed by atoms with Crippen LogP contribution in [0.5, 0.6) is 11.5 Å². The summed E-state index contributed by atoms with van der Waals surface area (Å²) in [5.74, 6) is 2.41. The molecule has 1 amide bonds. The summed E-state index contributed by atoms with van der Waals surface area (Å²) in [6.45, 7) is 2.60. The summed E-state index contributed by atoms with van der Waals surface area (Å²) in [6.07, 6.45) is 1.55. The van der Waals surface area contributed by atoms with E-state index in [1.807, 2.05) is 25.2 Å². The summed E-state index contributed by atoms with van der Waals surface area (Å²) in [6, 6.07) is 10.9. The third-order valence-electron chi connectivity index (χ3n) is 6.18. The number of benzene rings is 2. The van der Waals surface area contributed by atoms with Crippen molar-refractivity contribution in [3.8, 4) is 22.9 Å². The fraction of sp³-hybridized carbons (Fsp3) is 0.400. The molecule has 0 atom stereocenters. The van der Waals surface area contributed by atoms with Gasteiger partial charge in [-0.1, -0.05) is 34.4 Å². The van der Waals surface area contributed by atoms with E-state index in [1.165, 1.54) is 0 Å². The van der Waals surface area contributed by atoms with E-state index in [0.29, 0.717) is 51.9 Å². The highest BCUT2D eigenvalue weighted by Gasteiger charge is 2.28. The number of halogens is 2. The summed E-state index contributed by atoms with van der Waals surface area (Å²) in [4.78, 5) is 21.5. The molecule has 0 spiro atoms. The molecule has 0 radical (unpaired) electrons. The fourth-order valence-electron chi connectivity index (χ4n) is 4.27. The standard InChI is InChI=1S/C25H28Cl2N4O4/c1-30(14-16-4-7-21(33-2)22(12-16)34-3)25(32)17-8-10-31(11-9-17)15-23-28-24(29-35-23)19-6-5-18(26)13-20(19)27/h4-7,12-13,17H,8-11,14-15H2,1-3H3. The van der Waals surface area contributed by atoms with Crippen LogP contribution in [0.15, 0.2) is 40.9 Å². The molecule has 0 N–H and O–H groups in total. The van der Waals surface area contributed by atoms with Crippen LogP contribution in [0.25, 0.3) is 11.4 Å². The molecule has 1 aromatic heterocycles. The normalized spacial score (nSPS) is 14.7. The second-order valence-corrected chi connectivity index (χ2v) is 9.41. The maximum atomic E-state index is 13.0. The van der Waals surface area contributed by atoms with Crippen molar-refractivity contribution in [2.24, 2.45) is 5.92 Å². The van der Waals surface area contributed by atoms with Crippen LogP contribution in [0, 0.1) is 5.92 Å². The minimum atomic E-state index is -0.0116. The number of piperidine rings is 1. The number of hydrogen-bond donors (Lipinski definition) is 0. The van der Waals surface area contributed by atoms with Gasteiger partial charge in [-0.3, -0.25) is 9.69 Å². The Balaban J connectivity index is 1.29. The molecule has 0 aliphatic carbocycles. The first kappa shape index (κ1) is 25.3. The molecule has 1 fully saturated rings. The monoisotopic (exact) mass is 518 g/mol. The largest absolute Gasteiger partial charge is 0.493 e. The lowest BCUT2D eigenvalue weighted by atomic mass is 9.95. The van der Waals surface area contributed by atoms with Crippen molar-refractivity contribution in [2.45, 2.75) is 25.9 Å². The SMILES string of the molecule is COc1ccc(CN(C)C(=O)C2CCN(Cc3nc(-c4ccc(Cl)cc4Cl)no3)CC2)cc1OC. The Hall–Kier alpha value is -2.81. The number of amides is 1. The molecule has 3 aromatic rings. The number of rotatable bonds is 8. The fourth-order valence-corrected chi connectivity index (χ4v) is 4.76. The van der Waals surface area contributed by atoms with Crippen molar-refractivity contribution in [1.82, 2.24) is 19.9 Å². The highest BCUT2D eigenvalue weighted by atomic mass is 35.5. The maximum absolute atomic E-state index is 13.0. The van der Waals surface area contributed by atoms with Crippen molar-refractivity contribution >= 4 is 29.1 Å². The number of ether oxygens (including phenoxy) is 2. The molecule has 1 aliphatic heterocycles. The van der Waals surface area contributed by atoms with E-state index in [4.69, 9.17) is 37.2 Å². The molecule has 186 valence electrons. The van der Waals surface area contributed by atoms with Gasteiger partial charge in [0.1, 0.15) is 0 Å². The molecule has 0 bridgehead atoms. The molecule has 10 heteroatoms. The van der Waals surface area contributed by atoms with E-state index < -0.39 is 0 Å². The Morgan fingerprint density at radius 3 is 2.54 bits per heavy atom. The molecule has 2 heterocycles. The van der Waals surface area contributed by atoms with Crippen LogP contribution < -0.4 is 9.47 Å². The highest BCUT2D eigenvalue weighted by molar-refractivity contribution is 6.36. The number of nitrogens with zero attached hydrogens (tertiary/aromatic N) is 4. The minimum Gasteiger partial charge on any atom is -0.493 e. The van der Waals surface area contributed by atoms with Crippen LogP contribution in [0.4, 0.5) is 0 Å². The number of aromatic nitrogens is 2. The Morgan fingerprint density at radius 1 is 1.11 bits per heavy atom. The summed E-state index contributed by atoms with van der Waals surface area (Å²) in [5.41, 5.74) is 1.66. The van der Waals surface area contributed by atoms with Crippen LogP contribution in [0.3, 0.4) is 0 Å². The summed E-state index contributed by atoms with van der Waals surface area (Å²) in [5, 5.41) is 5.08. The first-order valence-electron chi connectivity index (χ1n) is 11.3. The second kappa shape index (κ2) is 11.3. The van der Waals surface area contributed by atoms with E-state index in [2.05, 4.69) is 15.0 Å². The molecule has 2 aromatic carbocycles. The first-order chi connectivity index (χ1) is 16.9. The zero-order valence-corrected chi connectivity index (χ0v) is 21.5. The van der Waals surface area contributed by atoms with E-state index in [1.54, 1.807) is 37.3 Å². The number of hydrogen-bond acceptors (Lipinski definition) is 7. The number of carbonyl (C=O) groups excluding carboxylic acids is 1. The molecular weight excluding hydrogens is 491 g/mol. The van der Waals surface area contributed by atoms with Crippen molar-refractivity contribution < 1.29 is 18.8 Å². The van der Waals surface area contributed by atoms with Gasteiger partial charge >= 0.3 is 0 Å². The lowest BCUT2D eigenvalue weighted by molar-refractivity contribution is -0.136. The van der Waals surface area contributed by atoms with Crippen LogP contribution >= 0.6 is 23.2 Å². The molecule has 0 unspecified atom stereocenters. The van der Waals surface area contributed by atoms with Gasteiger partial charge in [-0.2, -0.15) is 4.98 Å². The van der Waals surface area contributed by atoms with Crippen LogP contribution in [-0.4, -0.2) is 60.2 Å². The van der Waals surface area contributed by atoms with Gasteiger partial charge in [-0.05, 0) is 61.8 Å². The minimum absolute atomic E-state index is 0.0116. The zero-order valence-electron chi connectivity index (χ0n) is 20.0. The smallest absolute Gasteiger partial charge is 0.241 e. The number of carbonyl (C=O) groups is 1. The number of likely N-dealkylation sites (tertiary alicyclic amines) is 1. The molecule has 4 rings (SSSR count). The van der Waals surface area contributed by atoms with Gasteiger partial charge < -0.3 is 18.9 Å². The Morgan fingerprint density at radius 2 is 1.86 bits per heavy atom. The molecular formula is C25H28Cl2N4O4. The molecule has 35 heavy (non-hydrogen) atoms. The first-order valence-corrected chi connectivity index (χ1v) is 12.1. The Kier molecular flexibility index (Phi) is 8.15. The Labute approximate surface area is 214 Å². The topological polar surface area (TPSA) is 80.9 Å². The third kappa shape index (κ3) is 6.07. The zero-order chi connectivity index (χ0) is 24.9. The molecule has 8 nitrogen and oxygen atoms in total. The van der Waals surface area contributed by atoms with Crippen molar-refractivity contribution in [3.05, 3.63) is 57.9 Å². The average molecular weight is 519 g/mol. The predicted octanol–water partition coefficient (Wildman–Crippen LogP) is 4.93. The van der Waals surface area contributed by atoms with E-state index in [9.17, 15) is 4.79 Å². The average Bonchev–Trinajstić information content (AvgIpc) is 3.31. The van der Waals surface area contributed by atoms with E-state index in [-0.39, 0.29) is 11.8 Å². The van der Waals surface area contributed by atoms with Crippen LogP contribution in [-0.2, 0) is 17.9 Å². The molecule has 1 aliphatic rings. The lowest BCUT2D eigenvalue weighted by Gasteiger charge is -2.32. The summed E-state index contributed by atoms with van der Waals surface area (Å²) < 4.78 is 16.1. The van der Waals surface area contributed by atoms with Gasteiger partial charge in [0, 0.05) is 30.1 Å². The number of methoxy groups -OCH3 is 2. The van der Waals surface area contributed by atoms with Crippen molar-refractivity contribution in [3.63, 3.8) is 0 Å². The molecule has 1 saturated heterocycles. The van der Waals surface area contributed by atoms with Gasteiger partial charge in [0.15, 0.2) is 11.5 Å². The quantitative estimate of drug-likeness (QED) is 0.418. The van der Waals surface area contributed by atoms with Gasteiger partial charge in [0.25, 0.3) is 0 Å². The van der Waals surface area contributed by atoms with Gasteiger partial charge in [-0.25, -0.2) is 0 Å². The van der Waals surface area contributed by atoms with Gasteiger partial charge in [0.05, 0.1) is 25.8 Å². The highest BCUT2D eigenvalue weighted by Crippen LogP contribution is 2.30. The maximum Gasteiger partial charge on any atom is 0.241 e. The van der Waals surface area contributed by atoms with Gasteiger partial charge in [0.2, 0.25) is 17.6 Å². The predicted molar refractivity (Wildman–Crippen MR) is 134 cm³/mol. The van der Waals surface area contributed by atoms with E-state index in [0.717, 1.165) is 31.5 Å². The second-order valence-electron chi connectivity index (χ2n) is 8.57. The van der Waals surface area contributed by atoms with Crippen LogP contribution in [0.1, 0.15) is 24.3 Å². The summed E-state index contributed by atoms with van der Waals surface area (Å²) in [7, 11) is 5.05.